The molecule has 0 aromatic heterocycles. The molecule has 1 N–H and O–H groups in total. The van der Waals surface area contributed by atoms with Gasteiger partial charge in [-0.2, -0.15) is 13.2 Å². The van der Waals surface area contributed by atoms with Gasteiger partial charge < -0.3 is 10.2 Å². The van der Waals surface area contributed by atoms with Crippen LogP contribution < -0.4 is 5.32 Å². The van der Waals surface area contributed by atoms with E-state index in [0.717, 1.165) is 23.6 Å². The van der Waals surface area contributed by atoms with E-state index in [1.54, 1.807) is 24.3 Å². The van der Waals surface area contributed by atoms with Gasteiger partial charge in [0.05, 0.1) is 0 Å². The van der Waals surface area contributed by atoms with Crippen molar-refractivity contribution >= 4 is 11.6 Å². The smallest absolute Gasteiger partial charge is 0.385 e. The number of rotatable bonds is 6. The van der Waals surface area contributed by atoms with Gasteiger partial charge in [0.2, 0.25) is 0 Å². The summed E-state index contributed by atoms with van der Waals surface area (Å²) >= 11 is 0. The standard InChI is InChI=1S/C15H19F3N2O/c1-2-9-19-12-5-3-11(4-6-12)14(21)20(13-7-8-13)10-15(16,17)18/h3-6,13,19H,2,7-10H2,1H3. The summed E-state index contributed by atoms with van der Waals surface area (Å²) in [5, 5.41) is 3.16. The molecule has 116 valence electrons. The van der Waals surface area contributed by atoms with Crippen LogP contribution in [0.15, 0.2) is 24.3 Å². The van der Waals surface area contributed by atoms with Crippen molar-refractivity contribution in [1.82, 2.24) is 4.90 Å². The molecule has 3 nitrogen and oxygen atoms in total. The van der Waals surface area contributed by atoms with Gasteiger partial charge in [0, 0.05) is 23.8 Å². The summed E-state index contributed by atoms with van der Waals surface area (Å²) in [6.45, 7) is 1.68. The summed E-state index contributed by atoms with van der Waals surface area (Å²) in [5.41, 5.74) is 1.16. The van der Waals surface area contributed by atoms with Crippen molar-refractivity contribution in [3.05, 3.63) is 29.8 Å². The van der Waals surface area contributed by atoms with Gasteiger partial charge in [0.15, 0.2) is 0 Å². The Hall–Kier alpha value is -1.72. The molecular weight excluding hydrogens is 281 g/mol. The number of alkyl halides is 3. The molecule has 0 spiro atoms. The number of hydrogen-bond acceptors (Lipinski definition) is 2. The number of carbonyl (C=O) groups is 1. The van der Waals surface area contributed by atoms with E-state index in [2.05, 4.69) is 5.32 Å². The highest BCUT2D eigenvalue weighted by atomic mass is 19.4. The lowest BCUT2D eigenvalue weighted by atomic mass is 10.1. The van der Waals surface area contributed by atoms with Gasteiger partial charge in [-0.15, -0.1) is 0 Å². The average Bonchev–Trinajstić information content (AvgIpc) is 3.26. The minimum atomic E-state index is -4.36. The first-order valence-electron chi connectivity index (χ1n) is 7.12. The Labute approximate surface area is 122 Å². The van der Waals surface area contributed by atoms with Crippen molar-refractivity contribution in [2.75, 3.05) is 18.4 Å². The third kappa shape index (κ3) is 4.65. The monoisotopic (exact) mass is 300 g/mol. The maximum Gasteiger partial charge on any atom is 0.406 e. The Balaban J connectivity index is 2.06. The van der Waals surface area contributed by atoms with Crippen molar-refractivity contribution in [3.63, 3.8) is 0 Å². The Kier molecular flexibility index (Phi) is 4.75. The zero-order valence-corrected chi connectivity index (χ0v) is 11.9. The number of anilines is 1. The molecule has 1 aromatic carbocycles. The third-order valence-electron chi connectivity index (χ3n) is 3.31. The van der Waals surface area contributed by atoms with Crippen molar-refractivity contribution in [1.29, 1.82) is 0 Å². The van der Waals surface area contributed by atoms with Crippen molar-refractivity contribution < 1.29 is 18.0 Å². The first-order valence-corrected chi connectivity index (χ1v) is 7.12. The number of benzene rings is 1. The zero-order chi connectivity index (χ0) is 15.5. The van der Waals surface area contributed by atoms with Crippen LogP contribution in [0, 0.1) is 0 Å². The number of hydrogen-bond donors (Lipinski definition) is 1. The van der Waals surface area contributed by atoms with Crippen molar-refractivity contribution in [2.45, 2.75) is 38.4 Å². The molecule has 1 saturated carbocycles. The number of amides is 1. The van der Waals surface area contributed by atoms with Crippen molar-refractivity contribution in [3.8, 4) is 0 Å². The molecule has 0 saturated heterocycles. The van der Waals surface area contributed by atoms with Gasteiger partial charge in [-0.05, 0) is 43.5 Å². The van der Waals surface area contributed by atoms with Gasteiger partial charge in [-0.3, -0.25) is 4.79 Å². The average molecular weight is 300 g/mol. The summed E-state index contributed by atoms with van der Waals surface area (Å²) < 4.78 is 37.7. The van der Waals surface area contributed by atoms with Gasteiger partial charge in [-0.1, -0.05) is 6.92 Å². The number of nitrogens with one attached hydrogen (secondary N) is 1. The Morgan fingerprint density at radius 2 is 1.90 bits per heavy atom. The van der Waals surface area contributed by atoms with Crippen LogP contribution >= 0.6 is 0 Å². The summed E-state index contributed by atoms with van der Waals surface area (Å²) in [6, 6.07) is 6.33. The second kappa shape index (κ2) is 6.37. The summed E-state index contributed by atoms with van der Waals surface area (Å²) in [4.78, 5) is 13.2. The third-order valence-corrected chi connectivity index (χ3v) is 3.31. The lowest BCUT2D eigenvalue weighted by Crippen LogP contribution is -2.40. The largest absolute Gasteiger partial charge is 0.406 e. The minimum absolute atomic E-state index is 0.267. The van der Waals surface area contributed by atoms with Crippen LogP contribution in [-0.2, 0) is 0 Å². The van der Waals surface area contributed by atoms with E-state index in [1.165, 1.54) is 0 Å². The fourth-order valence-electron chi connectivity index (χ4n) is 2.11. The van der Waals surface area contributed by atoms with Gasteiger partial charge in [-0.25, -0.2) is 0 Å². The van der Waals surface area contributed by atoms with Gasteiger partial charge >= 0.3 is 6.18 Å². The van der Waals surface area contributed by atoms with E-state index < -0.39 is 18.6 Å². The van der Waals surface area contributed by atoms with Crippen LogP contribution in [0.5, 0.6) is 0 Å². The lowest BCUT2D eigenvalue weighted by Gasteiger charge is -2.23. The lowest BCUT2D eigenvalue weighted by molar-refractivity contribution is -0.141. The zero-order valence-electron chi connectivity index (χ0n) is 11.9. The van der Waals surface area contributed by atoms with E-state index >= 15 is 0 Å². The van der Waals surface area contributed by atoms with E-state index in [4.69, 9.17) is 0 Å². The maximum atomic E-state index is 12.6. The molecule has 1 fully saturated rings. The van der Waals surface area contributed by atoms with E-state index in [1.807, 2.05) is 6.92 Å². The molecule has 0 radical (unpaired) electrons. The van der Waals surface area contributed by atoms with Crippen LogP contribution in [0.1, 0.15) is 36.5 Å². The summed E-state index contributed by atoms with van der Waals surface area (Å²) in [6.07, 6.45) is -2.08. The number of halogens is 3. The Morgan fingerprint density at radius 3 is 2.38 bits per heavy atom. The van der Waals surface area contributed by atoms with E-state index in [9.17, 15) is 18.0 Å². The first kappa shape index (κ1) is 15.7. The second-order valence-corrected chi connectivity index (χ2v) is 5.28. The molecule has 0 heterocycles. The molecule has 1 aromatic rings. The number of carbonyl (C=O) groups excluding carboxylic acids is 1. The quantitative estimate of drug-likeness (QED) is 0.869. The molecule has 1 aliphatic carbocycles. The van der Waals surface area contributed by atoms with Crippen LogP contribution in [-0.4, -0.2) is 36.1 Å². The Bertz CT molecular complexity index is 481. The molecule has 0 unspecified atom stereocenters. The highest BCUT2D eigenvalue weighted by Gasteiger charge is 2.40. The second-order valence-electron chi connectivity index (χ2n) is 5.28. The molecule has 6 heteroatoms. The van der Waals surface area contributed by atoms with Crippen LogP contribution in [0.4, 0.5) is 18.9 Å². The van der Waals surface area contributed by atoms with Gasteiger partial charge in [0.1, 0.15) is 6.54 Å². The minimum Gasteiger partial charge on any atom is -0.385 e. The van der Waals surface area contributed by atoms with Crippen LogP contribution in [0.25, 0.3) is 0 Å². The predicted octanol–water partition coefficient (Wildman–Crippen LogP) is 3.68. The van der Waals surface area contributed by atoms with E-state index in [-0.39, 0.29) is 6.04 Å². The first-order chi connectivity index (χ1) is 9.90. The molecular formula is C15H19F3N2O. The molecule has 0 bridgehead atoms. The highest BCUT2D eigenvalue weighted by molar-refractivity contribution is 5.95. The topological polar surface area (TPSA) is 32.3 Å². The molecule has 1 amide bonds. The van der Waals surface area contributed by atoms with Crippen LogP contribution in [0.3, 0.4) is 0 Å². The van der Waals surface area contributed by atoms with Crippen molar-refractivity contribution in [2.24, 2.45) is 0 Å². The normalized spacial score (nSPS) is 14.9. The fraction of sp³-hybridized carbons (Fsp3) is 0.533. The predicted molar refractivity (Wildman–Crippen MR) is 75.3 cm³/mol. The fourth-order valence-corrected chi connectivity index (χ4v) is 2.11. The SMILES string of the molecule is CCCNc1ccc(C(=O)N(CC(F)(F)F)C2CC2)cc1. The molecule has 21 heavy (non-hydrogen) atoms. The summed E-state index contributed by atoms with van der Waals surface area (Å²) in [7, 11) is 0. The van der Waals surface area contributed by atoms with Gasteiger partial charge in [0.25, 0.3) is 5.91 Å². The molecule has 0 aliphatic heterocycles. The Morgan fingerprint density at radius 1 is 1.29 bits per heavy atom. The van der Waals surface area contributed by atoms with E-state index in [0.29, 0.717) is 18.4 Å². The highest BCUT2D eigenvalue weighted by Crippen LogP contribution is 2.31. The molecule has 2 rings (SSSR count). The number of nitrogens with zero attached hydrogens (tertiary/aromatic N) is 1. The maximum absolute atomic E-state index is 12.6. The van der Waals surface area contributed by atoms with Crippen LogP contribution in [0.2, 0.25) is 0 Å². The summed E-state index contributed by atoms with van der Waals surface area (Å²) in [5.74, 6) is -0.545. The molecule has 0 atom stereocenters. The molecule has 1 aliphatic rings.